The molecule has 1 N–H and O–H groups in total. The van der Waals surface area contributed by atoms with E-state index in [1.807, 2.05) is 6.07 Å². The van der Waals surface area contributed by atoms with Crippen LogP contribution in [0.3, 0.4) is 0 Å². The lowest BCUT2D eigenvalue weighted by Crippen LogP contribution is -2.36. The maximum atomic E-state index is 13.1. The highest BCUT2D eigenvalue weighted by molar-refractivity contribution is 5.34. The molecule has 0 bridgehead atoms. The molecule has 0 radical (unpaired) electrons. The Morgan fingerprint density at radius 2 is 2.12 bits per heavy atom. The zero-order valence-electron chi connectivity index (χ0n) is 10.1. The maximum Gasteiger partial charge on any atom is 0.123 e. The van der Waals surface area contributed by atoms with E-state index in [9.17, 15) is 4.39 Å². The summed E-state index contributed by atoms with van der Waals surface area (Å²) in [7, 11) is 0. The van der Waals surface area contributed by atoms with Gasteiger partial charge in [-0.3, -0.25) is 0 Å². The topological polar surface area (TPSA) is 12.0 Å². The largest absolute Gasteiger partial charge is 0.311 e. The van der Waals surface area contributed by atoms with Crippen LogP contribution in [0, 0.1) is 5.82 Å². The number of nitrogens with one attached hydrogen (secondary N) is 1. The highest BCUT2D eigenvalue weighted by Crippen LogP contribution is 2.23. The Morgan fingerprint density at radius 1 is 1.38 bits per heavy atom. The average molecular weight is 221 g/mol. The summed E-state index contributed by atoms with van der Waals surface area (Å²) in [5.74, 6) is -0.110. The van der Waals surface area contributed by atoms with Crippen LogP contribution < -0.4 is 5.32 Å². The van der Waals surface area contributed by atoms with E-state index in [0.29, 0.717) is 12.1 Å². The van der Waals surface area contributed by atoms with Crippen molar-refractivity contribution in [1.29, 1.82) is 0 Å². The molecule has 1 aromatic carbocycles. The first-order valence-corrected chi connectivity index (χ1v) is 6.22. The second-order valence-corrected chi connectivity index (χ2v) is 4.87. The summed E-state index contributed by atoms with van der Waals surface area (Å²) in [6.45, 7) is 4.43. The summed E-state index contributed by atoms with van der Waals surface area (Å²) >= 11 is 0. The lowest BCUT2D eigenvalue weighted by Gasteiger charge is -2.18. The van der Waals surface area contributed by atoms with E-state index in [2.05, 4.69) is 19.2 Å². The van der Waals surface area contributed by atoms with Gasteiger partial charge in [-0.25, -0.2) is 4.39 Å². The van der Waals surface area contributed by atoms with Crippen molar-refractivity contribution >= 4 is 0 Å². The van der Waals surface area contributed by atoms with Crippen molar-refractivity contribution in [3.05, 3.63) is 35.1 Å². The quantitative estimate of drug-likeness (QED) is 0.824. The third-order valence-corrected chi connectivity index (χ3v) is 3.34. The fourth-order valence-corrected chi connectivity index (χ4v) is 2.62. The molecule has 1 nitrogen and oxygen atoms in total. The summed E-state index contributed by atoms with van der Waals surface area (Å²) < 4.78 is 13.1. The van der Waals surface area contributed by atoms with Crippen molar-refractivity contribution in [1.82, 2.24) is 5.32 Å². The van der Waals surface area contributed by atoms with Gasteiger partial charge in [0.2, 0.25) is 0 Å². The summed E-state index contributed by atoms with van der Waals surface area (Å²) in [6, 6.07) is 6.24. The van der Waals surface area contributed by atoms with Gasteiger partial charge in [-0.1, -0.05) is 19.4 Å². The molecule has 16 heavy (non-hydrogen) atoms. The molecule has 0 spiro atoms. The average Bonchev–Trinajstić information content (AvgIpc) is 2.59. The predicted octanol–water partition coefficient (Wildman–Crippen LogP) is 3.07. The SMILES string of the molecule is CCC[C@H](C)NC1Cc2ccc(F)cc2C1. The molecule has 1 aliphatic rings. The summed E-state index contributed by atoms with van der Waals surface area (Å²) in [6.07, 6.45) is 4.44. The van der Waals surface area contributed by atoms with Gasteiger partial charge >= 0.3 is 0 Å². The third-order valence-electron chi connectivity index (χ3n) is 3.34. The summed E-state index contributed by atoms with van der Waals surface area (Å²) in [5, 5.41) is 3.62. The van der Waals surface area contributed by atoms with Gasteiger partial charge in [0.15, 0.2) is 0 Å². The first kappa shape index (κ1) is 11.6. The Hall–Kier alpha value is -0.890. The molecule has 2 atom stereocenters. The van der Waals surface area contributed by atoms with Gasteiger partial charge in [0.25, 0.3) is 0 Å². The van der Waals surface area contributed by atoms with E-state index < -0.39 is 0 Å². The molecule has 0 saturated heterocycles. The van der Waals surface area contributed by atoms with Gasteiger partial charge in [-0.15, -0.1) is 0 Å². The van der Waals surface area contributed by atoms with Crippen LogP contribution in [0.25, 0.3) is 0 Å². The van der Waals surface area contributed by atoms with E-state index >= 15 is 0 Å². The minimum atomic E-state index is -0.110. The first-order valence-electron chi connectivity index (χ1n) is 6.22. The maximum absolute atomic E-state index is 13.1. The van der Waals surface area contributed by atoms with Crippen molar-refractivity contribution in [3.63, 3.8) is 0 Å². The molecule has 0 aliphatic heterocycles. The van der Waals surface area contributed by atoms with Crippen LogP contribution in [-0.2, 0) is 12.8 Å². The third kappa shape index (κ3) is 2.62. The van der Waals surface area contributed by atoms with Gasteiger partial charge in [-0.05, 0) is 49.4 Å². The highest BCUT2D eigenvalue weighted by Gasteiger charge is 2.22. The number of halogens is 1. The second kappa shape index (κ2) is 4.96. The Morgan fingerprint density at radius 3 is 2.88 bits per heavy atom. The van der Waals surface area contributed by atoms with Crippen LogP contribution in [0.15, 0.2) is 18.2 Å². The zero-order valence-corrected chi connectivity index (χ0v) is 10.1. The van der Waals surface area contributed by atoms with Gasteiger partial charge in [0.05, 0.1) is 0 Å². The van der Waals surface area contributed by atoms with E-state index in [0.717, 1.165) is 12.8 Å². The van der Waals surface area contributed by atoms with Crippen LogP contribution in [0.5, 0.6) is 0 Å². The van der Waals surface area contributed by atoms with E-state index in [1.165, 1.54) is 24.0 Å². The van der Waals surface area contributed by atoms with Gasteiger partial charge in [0.1, 0.15) is 5.82 Å². The van der Waals surface area contributed by atoms with Crippen LogP contribution >= 0.6 is 0 Å². The number of rotatable bonds is 4. The first-order chi connectivity index (χ1) is 7.69. The number of hydrogen-bond donors (Lipinski definition) is 1. The van der Waals surface area contributed by atoms with Crippen molar-refractivity contribution in [2.75, 3.05) is 0 Å². The molecule has 1 aliphatic carbocycles. The fraction of sp³-hybridized carbons (Fsp3) is 0.571. The Labute approximate surface area is 97.1 Å². The molecule has 0 amide bonds. The van der Waals surface area contributed by atoms with Crippen LogP contribution in [0.4, 0.5) is 4.39 Å². The van der Waals surface area contributed by atoms with Crippen LogP contribution in [0.2, 0.25) is 0 Å². The van der Waals surface area contributed by atoms with Crippen LogP contribution in [0.1, 0.15) is 37.8 Å². The molecule has 88 valence electrons. The number of fused-ring (bicyclic) bond motifs is 1. The molecular weight excluding hydrogens is 201 g/mol. The predicted molar refractivity (Wildman–Crippen MR) is 65.1 cm³/mol. The van der Waals surface area contributed by atoms with Crippen molar-refractivity contribution in [2.45, 2.75) is 51.6 Å². The smallest absolute Gasteiger partial charge is 0.123 e. The Bertz CT molecular complexity index is 362. The molecule has 0 heterocycles. The van der Waals surface area contributed by atoms with Crippen molar-refractivity contribution in [2.24, 2.45) is 0 Å². The fourth-order valence-electron chi connectivity index (χ4n) is 2.62. The molecular formula is C14H20FN. The van der Waals surface area contributed by atoms with Crippen molar-refractivity contribution < 1.29 is 4.39 Å². The van der Waals surface area contributed by atoms with Crippen molar-refractivity contribution in [3.8, 4) is 0 Å². The minimum Gasteiger partial charge on any atom is -0.311 e. The molecule has 0 saturated carbocycles. The number of benzene rings is 1. The van der Waals surface area contributed by atoms with Crippen LogP contribution in [-0.4, -0.2) is 12.1 Å². The molecule has 2 heteroatoms. The molecule has 1 aromatic rings. The Kier molecular flexibility index (Phi) is 3.59. The molecule has 0 fully saturated rings. The van der Waals surface area contributed by atoms with Gasteiger partial charge < -0.3 is 5.32 Å². The molecule has 0 aromatic heterocycles. The van der Waals surface area contributed by atoms with Gasteiger partial charge in [0, 0.05) is 12.1 Å². The zero-order chi connectivity index (χ0) is 11.5. The highest BCUT2D eigenvalue weighted by atomic mass is 19.1. The Balaban J connectivity index is 1.95. The normalized spacial score (nSPS) is 20.8. The molecule has 2 rings (SSSR count). The minimum absolute atomic E-state index is 0.110. The van der Waals surface area contributed by atoms with E-state index in [4.69, 9.17) is 0 Å². The van der Waals surface area contributed by atoms with E-state index in [1.54, 1.807) is 12.1 Å². The van der Waals surface area contributed by atoms with Gasteiger partial charge in [-0.2, -0.15) is 0 Å². The number of hydrogen-bond acceptors (Lipinski definition) is 1. The lowest BCUT2D eigenvalue weighted by atomic mass is 10.1. The second-order valence-electron chi connectivity index (χ2n) is 4.87. The monoisotopic (exact) mass is 221 g/mol. The standard InChI is InChI=1S/C14H20FN/c1-3-4-10(2)16-14-8-11-5-6-13(15)7-12(11)9-14/h5-7,10,14,16H,3-4,8-9H2,1-2H3/t10-,14?/m0/s1. The molecule has 1 unspecified atom stereocenters. The van der Waals surface area contributed by atoms with E-state index in [-0.39, 0.29) is 5.82 Å². The summed E-state index contributed by atoms with van der Waals surface area (Å²) in [4.78, 5) is 0. The lowest BCUT2D eigenvalue weighted by molar-refractivity contribution is 0.433. The summed E-state index contributed by atoms with van der Waals surface area (Å²) in [5.41, 5.74) is 2.49.